The van der Waals surface area contributed by atoms with Crippen LogP contribution < -0.4 is 5.73 Å². The van der Waals surface area contributed by atoms with Crippen LogP contribution in [0.1, 0.15) is 116 Å². The van der Waals surface area contributed by atoms with Crippen LogP contribution in [0, 0.1) is 49.9 Å². The molecule has 0 saturated heterocycles. The highest BCUT2D eigenvalue weighted by Gasteiger charge is 2.24. The van der Waals surface area contributed by atoms with Gasteiger partial charge in [-0.3, -0.25) is 4.79 Å². The highest BCUT2D eigenvalue weighted by molar-refractivity contribution is 9.11. The second-order valence-electron chi connectivity index (χ2n) is 18.1. The molecule has 1 unspecified atom stereocenters. The van der Waals surface area contributed by atoms with E-state index >= 15 is 0 Å². The van der Waals surface area contributed by atoms with Gasteiger partial charge in [-0.25, -0.2) is 15.0 Å². The van der Waals surface area contributed by atoms with Gasteiger partial charge in [-0.05, 0) is 126 Å². The number of carbonyl (C=O) groups excluding carboxylic acids is 1. The maximum atomic E-state index is 11.4. The van der Waals surface area contributed by atoms with Crippen molar-refractivity contribution in [3.63, 3.8) is 0 Å². The van der Waals surface area contributed by atoms with Crippen molar-refractivity contribution in [2.75, 3.05) is 0 Å². The topological polar surface area (TPSA) is 106 Å². The van der Waals surface area contributed by atoms with E-state index in [-0.39, 0.29) is 10.6 Å². The van der Waals surface area contributed by atoms with E-state index in [1.165, 1.54) is 110 Å². The summed E-state index contributed by atoms with van der Waals surface area (Å²) in [6.07, 6.45) is 15.9. The second-order valence-corrected chi connectivity index (χ2v) is 25.1. The molecule has 2 N–H and O–H groups in total. The maximum absolute atomic E-state index is 11.4. The van der Waals surface area contributed by atoms with Gasteiger partial charge in [-0.2, -0.15) is 5.26 Å². The van der Waals surface area contributed by atoms with E-state index in [9.17, 15) is 4.79 Å². The fraction of sp³-hybridized carbons (Fsp3) is 0.375. The van der Waals surface area contributed by atoms with E-state index in [1.807, 2.05) is 89.5 Å². The molecule has 0 spiro atoms. The zero-order chi connectivity index (χ0) is 48.2. The number of nitriles is 1. The van der Waals surface area contributed by atoms with Gasteiger partial charge in [0, 0.05) is 52.4 Å². The van der Waals surface area contributed by atoms with Gasteiger partial charge in [0.05, 0.1) is 48.6 Å². The largest absolute Gasteiger partial charge is 0.326 e. The first-order chi connectivity index (χ1) is 32.8. The van der Waals surface area contributed by atoms with Crippen molar-refractivity contribution in [1.29, 1.82) is 5.26 Å². The summed E-state index contributed by atoms with van der Waals surface area (Å²) in [7, 11) is 0. The van der Waals surface area contributed by atoms with Crippen LogP contribution >= 0.6 is 81.8 Å². The minimum Gasteiger partial charge on any atom is -0.326 e. The summed E-state index contributed by atoms with van der Waals surface area (Å²) in [6, 6.07) is 34.1. The number of nitrogens with two attached hydrogens (primary N) is 1. The van der Waals surface area contributed by atoms with Crippen LogP contribution in [0.3, 0.4) is 0 Å². The van der Waals surface area contributed by atoms with Gasteiger partial charge in [0.1, 0.15) is 0 Å². The number of hydrogen-bond donors (Lipinski definition) is 1. The minimum atomic E-state index is -0.112. The van der Waals surface area contributed by atoms with Crippen molar-refractivity contribution in [2.45, 2.75) is 116 Å². The Morgan fingerprint density at radius 3 is 1.26 bits per heavy atom. The third-order valence-corrected chi connectivity index (χ3v) is 16.8. The van der Waals surface area contributed by atoms with Crippen molar-refractivity contribution in [2.24, 2.45) is 23.5 Å². The molecule has 4 aromatic carbocycles. The minimum absolute atomic E-state index is 0.112. The SMILES string of the molecule is CC(Br)C(=O)c1ccc(Br)cc1.Cc1sc(CCC2CC2)nc1-c1ccc(Br)cc1.Cc1sc(CCC2CC2)nc1-c1ccc(C#N)cc1.Cc1sc(CCC2CC2)nc1-c1ccc(CN)cc1. The third kappa shape index (κ3) is 16.2. The Morgan fingerprint density at radius 2 is 0.941 bits per heavy atom. The van der Waals surface area contributed by atoms with Crippen molar-refractivity contribution in [3.8, 4) is 39.8 Å². The predicted octanol–water partition coefficient (Wildman–Crippen LogP) is 16.9. The number of nitrogens with zero attached hydrogens (tertiary/aromatic N) is 4. The van der Waals surface area contributed by atoms with E-state index in [0.717, 1.165) is 68.5 Å². The molecule has 12 heteroatoms. The van der Waals surface area contributed by atoms with Crippen LogP contribution in [0.5, 0.6) is 0 Å². The Morgan fingerprint density at radius 1 is 0.603 bits per heavy atom. The summed E-state index contributed by atoms with van der Waals surface area (Å²) in [5, 5.41) is 12.7. The first-order valence-corrected chi connectivity index (χ1v) is 28.7. The number of aryl methyl sites for hydroxylation is 6. The summed E-state index contributed by atoms with van der Waals surface area (Å²) >= 11 is 15.5. The number of thiazole rings is 3. The number of benzene rings is 4. The molecule has 0 radical (unpaired) electrons. The van der Waals surface area contributed by atoms with Gasteiger partial charge < -0.3 is 5.73 Å². The lowest BCUT2D eigenvalue weighted by atomic mass is 10.1. The molecule has 0 amide bonds. The van der Waals surface area contributed by atoms with E-state index < -0.39 is 0 Å². The number of alkyl halides is 1. The van der Waals surface area contributed by atoms with Crippen molar-refractivity contribution >= 4 is 87.6 Å². The molecule has 3 aromatic heterocycles. The molecular formula is C56H60Br3N5OS3. The van der Waals surface area contributed by atoms with Crippen molar-refractivity contribution in [1.82, 2.24) is 15.0 Å². The number of ketones is 1. The van der Waals surface area contributed by atoms with Gasteiger partial charge in [0.25, 0.3) is 0 Å². The van der Waals surface area contributed by atoms with E-state index in [4.69, 9.17) is 25.9 Å². The molecule has 68 heavy (non-hydrogen) atoms. The van der Waals surface area contributed by atoms with Crippen LogP contribution in [0.2, 0.25) is 0 Å². The summed E-state index contributed by atoms with van der Waals surface area (Å²) in [6.45, 7) is 8.90. The van der Waals surface area contributed by atoms with Crippen LogP contribution in [0.15, 0.2) is 106 Å². The highest BCUT2D eigenvalue weighted by Crippen LogP contribution is 2.38. The van der Waals surface area contributed by atoms with Gasteiger partial charge >= 0.3 is 0 Å². The fourth-order valence-electron chi connectivity index (χ4n) is 7.63. The lowest BCUT2D eigenvalue weighted by Crippen LogP contribution is -2.09. The molecule has 0 aliphatic heterocycles. The van der Waals surface area contributed by atoms with Gasteiger partial charge in [0.2, 0.25) is 0 Å². The molecule has 3 aliphatic carbocycles. The first kappa shape index (κ1) is 52.2. The summed E-state index contributed by atoms with van der Waals surface area (Å²) < 4.78 is 2.11. The lowest BCUT2D eigenvalue weighted by Gasteiger charge is -2.01. The van der Waals surface area contributed by atoms with E-state index in [1.54, 1.807) is 0 Å². The van der Waals surface area contributed by atoms with Gasteiger partial charge in [0.15, 0.2) is 5.78 Å². The Hall–Kier alpha value is -3.67. The third-order valence-electron chi connectivity index (χ3n) is 12.3. The monoisotopic (exact) mass is 1150 g/mol. The molecule has 3 saturated carbocycles. The number of rotatable bonds is 15. The summed E-state index contributed by atoms with van der Waals surface area (Å²) in [5.41, 5.74) is 15.2. The first-order valence-electron chi connectivity index (χ1n) is 23.7. The van der Waals surface area contributed by atoms with Crippen LogP contribution in [-0.4, -0.2) is 25.6 Å². The number of aromatic nitrogens is 3. The zero-order valence-corrected chi connectivity index (χ0v) is 46.6. The van der Waals surface area contributed by atoms with Gasteiger partial charge in [-0.1, -0.05) is 147 Å². The number of hydrogen-bond acceptors (Lipinski definition) is 9. The molecule has 354 valence electrons. The Bertz CT molecular complexity index is 2740. The van der Waals surface area contributed by atoms with Crippen LogP contribution in [-0.2, 0) is 25.8 Å². The number of carbonyl (C=O) groups is 1. The molecule has 6 nitrogen and oxygen atoms in total. The summed E-state index contributed by atoms with van der Waals surface area (Å²) in [4.78, 5) is 29.6. The molecule has 10 rings (SSSR count). The van der Waals surface area contributed by atoms with E-state index in [0.29, 0.717) is 12.1 Å². The Kier molecular flexibility index (Phi) is 19.5. The quantitative estimate of drug-likeness (QED) is 0.0810. The number of halogens is 3. The zero-order valence-electron chi connectivity index (χ0n) is 39.4. The maximum Gasteiger partial charge on any atom is 0.176 e. The van der Waals surface area contributed by atoms with Gasteiger partial charge in [-0.15, -0.1) is 34.0 Å². The predicted molar refractivity (Wildman–Crippen MR) is 297 cm³/mol. The van der Waals surface area contributed by atoms with Crippen molar-refractivity contribution < 1.29 is 4.79 Å². The van der Waals surface area contributed by atoms with Crippen LogP contribution in [0.4, 0.5) is 0 Å². The molecule has 3 heterocycles. The molecule has 7 aromatic rings. The fourth-order valence-corrected chi connectivity index (χ4v) is 11.3. The lowest BCUT2D eigenvalue weighted by molar-refractivity contribution is 0.0996. The highest BCUT2D eigenvalue weighted by atomic mass is 79.9. The molecule has 3 fully saturated rings. The molecule has 1 atom stereocenters. The number of Topliss-reactive ketones (excluding diaryl/α,β-unsaturated/α-hetero) is 1. The van der Waals surface area contributed by atoms with Crippen molar-refractivity contribution in [3.05, 3.63) is 152 Å². The molecule has 3 aliphatic rings. The average molecular weight is 1160 g/mol. The smallest absolute Gasteiger partial charge is 0.176 e. The second kappa shape index (κ2) is 25.4. The Labute approximate surface area is 440 Å². The standard InChI is InChI=1S/C16H20N2S.C16H16N2S.C15H16BrNS.C9H8Br2O/c2*1-11-16(14-7-4-13(10-17)5-8-14)18-15(19-11)9-6-12-2-3-12;1-10-15(12-5-7-13(16)8-6-12)17-14(18-10)9-4-11-2-3-11;1-6(10)9(12)7-2-4-8(11)5-3-7/h4-5,7-8,12H,2-3,6,9-10,17H2,1H3;4-5,7-8,12H,2-3,6,9H2,1H3;5-8,11H,2-4,9H2,1H3;2-6H,1H3. The average Bonchev–Trinajstić information content (AvgIpc) is 4.30. The summed E-state index contributed by atoms with van der Waals surface area (Å²) in [5.74, 6) is 3.05. The Balaban J connectivity index is 0.000000136. The molecular weight excluding hydrogens is 1090 g/mol. The van der Waals surface area contributed by atoms with E-state index in [2.05, 4.69) is 123 Å². The normalized spacial score (nSPS) is 14.3. The molecule has 0 bridgehead atoms. The van der Waals surface area contributed by atoms with Crippen LogP contribution in [0.25, 0.3) is 33.8 Å².